The lowest BCUT2D eigenvalue weighted by Gasteiger charge is -2.27. The van der Waals surface area contributed by atoms with Crippen molar-refractivity contribution in [2.45, 2.75) is 44.9 Å². The Morgan fingerprint density at radius 2 is 1.69 bits per heavy atom. The third-order valence-corrected chi connectivity index (χ3v) is 5.86. The molecule has 2 aliphatic carbocycles. The second-order valence-electron chi connectivity index (χ2n) is 7.67. The summed E-state index contributed by atoms with van der Waals surface area (Å²) in [6.45, 7) is 4.24. The maximum absolute atomic E-state index is 11.3. The molecule has 1 N–H and O–H groups in total. The van der Waals surface area contributed by atoms with E-state index in [9.17, 15) is 9.90 Å². The SMILES string of the molecule is Cc1cc(C)cc(C2=C(/C=C/C(=O)O)C3(CCCC3)c3ccccc32)c1. The molecule has 0 unspecified atom stereocenters. The molecule has 2 aliphatic rings. The number of aryl methyl sites for hydroxylation is 2. The van der Waals surface area contributed by atoms with Gasteiger partial charge in [0, 0.05) is 11.5 Å². The van der Waals surface area contributed by atoms with Gasteiger partial charge in [0.2, 0.25) is 0 Å². The maximum atomic E-state index is 11.3. The van der Waals surface area contributed by atoms with E-state index in [1.165, 1.54) is 57.9 Å². The van der Waals surface area contributed by atoms with E-state index in [0.29, 0.717) is 0 Å². The van der Waals surface area contributed by atoms with Crippen LogP contribution in [0.1, 0.15) is 53.5 Å². The first kappa shape index (κ1) is 16.8. The van der Waals surface area contributed by atoms with Crippen LogP contribution in [0.5, 0.6) is 0 Å². The third kappa shape index (κ3) is 2.61. The van der Waals surface area contributed by atoms with Crippen molar-refractivity contribution in [3.63, 3.8) is 0 Å². The fraction of sp³-hybridized carbons (Fsp3) is 0.292. The topological polar surface area (TPSA) is 37.3 Å². The number of hydrogen-bond acceptors (Lipinski definition) is 1. The Morgan fingerprint density at radius 3 is 2.35 bits per heavy atom. The Hall–Kier alpha value is -2.61. The molecule has 0 aromatic heterocycles. The predicted octanol–water partition coefficient (Wildman–Crippen LogP) is 5.57. The minimum absolute atomic E-state index is 0.0322. The van der Waals surface area contributed by atoms with Crippen molar-refractivity contribution in [1.29, 1.82) is 0 Å². The highest BCUT2D eigenvalue weighted by Gasteiger charge is 2.45. The van der Waals surface area contributed by atoms with E-state index in [-0.39, 0.29) is 5.41 Å². The van der Waals surface area contributed by atoms with E-state index in [1.54, 1.807) is 0 Å². The number of fused-ring (bicyclic) bond motifs is 2. The van der Waals surface area contributed by atoms with Crippen LogP contribution in [0, 0.1) is 13.8 Å². The molecular formula is C24H24O2. The number of rotatable bonds is 3. The zero-order valence-electron chi connectivity index (χ0n) is 15.4. The van der Waals surface area contributed by atoms with Gasteiger partial charge >= 0.3 is 5.97 Å². The van der Waals surface area contributed by atoms with Gasteiger partial charge in [-0.3, -0.25) is 0 Å². The molecule has 2 nitrogen and oxygen atoms in total. The number of aliphatic carboxylic acids is 1. The summed E-state index contributed by atoms with van der Waals surface area (Å²) in [5.74, 6) is -0.888. The summed E-state index contributed by atoms with van der Waals surface area (Å²) >= 11 is 0. The van der Waals surface area contributed by atoms with E-state index in [4.69, 9.17) is 0 Å². The van der Waals surface area contributed by atoms with Gasteiger partial charge in [-0.15, -0.1) is 0 Å². The van der Waals surface area contributed by atoms with Crippen molar-refractivity contribution >= 4 is 11.5 Å². The number of hydrogen-bond donors (Lipinski definition) is 1. The van der Waals surface area contributed by atoms with Gasteiger partial charge in [0.25, 0.3) is 0 Å². The summed E-state index contributed by atoms with van der Waals surface area (Å²) in [5, 5.41) is 9.26. The van der Waals surface area contributed by atoms with Crippen LogP contribution in [-0.2, 0) is 10.2 Å². The Morgan fingerprint density at radius 1 is 1.04 bits per heavy atom. The Balaban J connectivity index is 2.04. The van der Waals surface area contributed by atoms with Crippen LogP contribution in [0.4, 0.5) is 0 Å². The Labute approximate surface area is 154 Å². The monoisotopic (exact) mass is 344 g/mol. The lowest BCUT2D eigenvalue weighted by Crippen LogP contribution is -2.21. The Kier molecular flexibility index (Phi) is 4.07. The summed E-state index contributed by atoms with van der Waals surface area (Å²) in [6, 6.07) is 15.3. The van der Waals surface area contributed by atoms with Gasteiger partial charge in [-0.1, -0.05) is 72.5 Å². The fourth-order valence-electron chi connectivity index (χ4n) is 4.99. The number of carboxylic acids is 1. The minimum atomic E-state index is -0.888. The normalized spacial score (nSPS) is 18.1. The lowest BCUT2D eigenvalue weighted by atomic mass is 9.75. The van der Waals surface area contributed by atoms with Crippen molar-refractivity contribution < 1.29 is 9.90 Å². The number of carboxylic acid groups (broad SMARTS) is 1. The van der Waals surface area contributed by atoms with Crippen LogP contribution in [0.15, 0.2) is 60.2 Å². The van der Waals surface area contributed by atoms with Gasteiger partial charge in [-0.25, -0.2) is 4.79 Å². The van der Waals surface area contributed by atoms with Gasteiger partial charge in [0.05, 0.1) is 0 Å². The summed E-state index contributed by atoms with van der Waals surface area (Å²) in [4.78, 5) is 11.3. The molecule has 4 rings (SSSR count). The van der Waals surface area contributed by atoms with Crippen LogP contribution in [0.25, 0.3) is 5.57 Å². The number of benzene rings is 2. The van der Waals surface area contributed by atoms with Crippen LogP contribution in [-0.4, -0.2) is 11.1 Å². The molecule has 0 atom stereocenters. The van der Waals surface area contributed by atoms with Gasteiger partial charge in [0.15, 0.2) is 0 Å². The third-order valence-electron chi connectivity index (χ3n) is 5.86. The second-order valence-corrected chi connectivity index (χ2v) is 7.67. The molecule has 0 heterocycles. The highest BCUT2D eigenvalue weighted by molar-refractivity contribution is 5.93. The molecule has 2 aromatic rings. The molecular weight excluding hydrogens is 320 g/mol. The van der Waals surface area contributed by atoms with E-state index >= 15 is 0 Å². The van der Waals surface area contributed by atoms with Crippen LogP contribution >= 0.6 is 0 Å². The molecule has 0 amide bonds. The van der Waals surface area contributed by atoms with E-state index in [1.807, 2.05) is 6.08 Å². The summed E-state index contributed by atoms with van der Waals surface area (Å²) in [5.41, 5.74) is 8.67. The number of carbonyl (C=O) groups is 1. The predicted molar refractivity (Wildman–Crippen MR) is 105 cm³/mol. The summed E-state index contributed by atoms with van der Waals surface area (Å²) < 4.78 is 0. The minimum Gasteiger partial charge on any atom is -0.478 e. The molecule has 132 valence electrons. The lowest BCUT2D eigenvalue weighted by molar-refractivity contribution is -0.131. The first-order valence-corrected chi connectivity index (χ1v) is 9.35. The van der Waals surface area contributed by atoms with Gasteiger partial charge in [-0.05, 0) is 54.5 Å². The van der Waals surface area contributed by atoms with E-state index < -0.39 is 5.97 Å². The standard InChI is InChI=1S/C24H24O2/c1-16-13-17(2)15-18(14-16)23-19-7-3-4-8-20(19)24(11-5-6-12-24)21(23)9-10-22(25)26/h3-4,7-10,13-15H,5-6,11-12H2,1-2H3,(H,25,26)/b10-9+. The molecule has 0 bridgehead atoms. The quantitative estimate of drug-likeness (QED) is 0.739. The summed E-state index contributed by atoms with van der Waals surface area (Å²) in [7, 11) is 0. The molecule has 1 saturated carbocycles. The fourth-order valence-corrected chi connectivity index (χ4v) is 4.99. The molecule has 2 aromatic carbocycles. The highest BCUT2D eigenvalue weighted by atomic mass is 16.4. The molecule has 26 heavy (non-hydrogen) atoms. The average Bonchev–Trinajstić information content (AvgIpc) is 3.17. The maximum Gasteiger partial charge on any atom is 0.328 e. The number of allylic oxidation sites excluding steroid dienone is 2. The van der Waals surface area contributed by atoms with Crippen molar-refractivity contribution in [1.82, 2.24) is 0 Å². The molecule has 2 heteroatoms. The van der Waals surface area contributed by atoms with Gasteiger partial charge < -0.3 is 5.11 Å². The first-order chi connectivity index (χ1) is 12.5. The Bertz CT molecular complexity index is 920. The van der Waals surface area contributed by atoms with Crippen molar-refractivity contribution in [3.8, 4) is 0 Å². The molecule has 0 aliphatic heterocycles. The van der Waals surface area contributed by atoms with Gasteiger partial charge in [-0.2, -0.15) is 0 Å². The van der Waals surface area contributed by atoms with E-state index in [0.717, 1.165) is 12.8 Å². The van der Waals surface area contributed by atoms with E-state index in [2.05, 4.69) is 56.3 Å². The molecule has 0 saturated heterocycles. The molecule has 1 spiro atoms. The highest BCUT2D eigenvalue weighted by Crippen LogP contribution is 2.57. The van der Waals surface area contributed by atoms with Crippen molar-refractivity contribution in [2.24, 2.45) is 0 Å². The zero-order valence-corrected chi connectivity index (χ0v) is 15.4. The van der Waals surface area contributed by atoms with Crippen LogP contribution in [0.3, 0.4) is 0 Å². The van der Waals surface area contributed by atoms with Gasteiger partial charge in [0.1, 0.15) is 0 Å². The molecule has 0 radical (unpaired) electrons. The average molecular weight is 344 g/mol. The molecule has 1 fully saturated rings. The summed E-state index contributed by atoms with van der Waals surface area (Å²) in [6.07, 6.45) is 7.75. The van der Waals surface area contributed by atoms with Crippen molar-refractivity contribution in [2.75, 3.05) is 0 Å². The van der Waals surface area contributed by atoms with Crippen LogP contribution < -0.4 is 0 Å². The largest absolute Gasteiger partial charge is 0.478 e. The first-order valence-electron chi connectivity index (χ1n) is 9.35. The second kappa shape index (κ2) is 6.28. The van der Waals surface area contributed by atoms with Crippen molar-refractivity contribution in [3.05, 3.63) is 88.0 Å². The smallest absolute Gasteiger partial charge is 0.328 e. The zero-order chi connectivity index (χ0) is 18.3. The van der Waals surface area contributed by atoms with Crippen LogP contribution in [0.2, 0.25) is 0 Å².